The van der Waals surface area contributed by atoms with Gasteiger partial charge in [-0.15, -0.1) is 0 Å². The molecule has 6 aromatic carbocycles. The number of fused-ring (bicyclic) bond motifs is 3. The number of hydrogen-bond acceptors (Lipinski definition) is 4. The van der Waals surface area contributed by atoms with E-state index in [1.54, 1.807) is 0 Å². The van der Waals surface area contributed by atoms with E-state index in [4.69, 9.17) is 19.9 Å². The average molecular weight is 628 g/mol. The van der Waals surface area contributed by atoms with Crippen molar-refractivity contribution in [1.82, 2.24) is 24.5 Å². The minimum atomic E-state index is 0.655. The normalized spacial score (nSPS) is 11.3. The van der Waals surface area contributed by atoms with Crippen molar-refractivity contribution in [2.24, 2.45) is 0 Å². The van der Waals surface area contributed by atoms with Gasteiger partial charge in [0.25, 0.3) is 0 Å². The van der Waals surface area contributed by atoms with Crippen molar-refractivity contribution in [2.45, 2.75) is 0 Å². The number of benzene rings is 6. The van der Waals surface area contributed by atoms with Crippen LogP contribution in [0.4, 0.5) is 0 Å². The van der Waals surface area contributed by atoms with Gasteiger partial charge in [-0.2, -0.15) is 0 Å². The van der Waals surface area contributed by atoms with Gasteiger partial charge in [0, 0.05) is 38.9 Å². The molecule has 0 saturated heterocycles. The molecule has 3 heterocycles. The second kappa shape index (κ2) is 12.1. The third-order valence-electron chi connectivity index (χ3n) is 8.82. The molecule has 0 N–H and O–H groups in total. The fraction of sp³-hybridized carbons (Fsp3) is 0. The number of para-hydroxylation sites is 2. The van der Waals surface area contributed by atoms with Crippen LogP contribution in [0.3, 0.4) is 0 Å². The Morgan fingerprint density at radius 3 is 1.53 bits per heavy atom. The van der Waals surface area contributed by atoms with Crippen LogP contribution in [-0.4, -0.2) is 24.5 Å². The van der Waals surface area contributed by atoms with Crippen LogP contribution in [0.15, 0.2) is 176 Å². The molecule has 0 atom stereocenters. The van der Waals surface area contributed by atoms with Gasteiger partial charge >= 0.3 is 0 Å². The lowest BCUT2D eigenvalue weighted by molar-refractivity contribution is 1.11. The van der Waals surface area contributed by atoms with Crippen LogP contribution in [0.1, 0.15) is 0 Å². The SMILES string of the molecule is c1ccc(-c2cc(-c3ccccc3)nc(-c3cccc(-c4nc(-c5ccccc5)nc5c4c4ccccc4n5-c4ccccc4)c3)n2)cc1. The van der Waals surface area contributed by atoms with Gasteiger partial charge in [0.15, 0.2) is 11.6 Å². The summed E-state index contributed by atoms with van der Waals surface area (Å²) in [5.74, 6) is 1.32. The zero-order valence-corrected chi connectivity index (χ0v) is 26.5. The van der Waals surface area contributed by atoms with Crippen molar-refractivity contribution >= 4 is 21.9 Å². The zero-order chi connectivity index (χ0) is 32.6. The summed E-state index contributed by atoms with van der Waals surface area (Å²) >= 11 is 0. The van der Waals surface area contributed by atoms with Crippen molar-refractivity contribution in [2.75, 3.05) is 0 Å². The molecule has 5 nitrogen and oxygen atoms in total. The van der Waals surface area contributed by atoms with E-state index in [9.17, 15) is 0 Å². The Hall–Kier alpha value is -6.72. The van der Waals surface area contributed by atoms with Gasteiger partial charge in [0.2, 0.25) is 0 Å². The molecule has 0 saturated carbocycles. The van der Waals surface area contributed by atoms with Crippen molar-refractivity contribution in [3.05, 3.63) is 176 Å². The Morgan fingerprint density at radius 2 is 0.878 bits per heavy atom. The monoisotopic (exact) mass is 627 g/mol. The van der Waals surface area contributed by atoms with Crippen LogP contribution in [0.25, 0.3) is 84.2 Å². The highest BCUT2D eigenvalue weighted by Gasteiger charge is 2.21. The lowest BCUT2D eigenvalue weighted by Gasteiger charge is -2.12. The molecular weight excluding hydrogens is 599 g/mol. The first-order chi connectivity index (χ1) is 24.3. The second-order valence-electron chi connectivity index (χ2n) is 11.9. The van der Waals surface area contributed by atoms with E-state index in [0.717, 1.165) is 72.5 Å². The van der Waals surface area contributed by atoms with Gasteiger partial charge in [-0.05, 0) is 30.3 Å². The predicted octanol–water partition coefficient (Wildman–Crippen LogP) is 10.7. The molecule has 0 radical (unpaired) electrons. The molecular formula is C44H29N5. The number of rotatable bonds is 6. The third-order valence-corrected chi connectivity index (χ3v) is 8.82. The van der Waals surface area contributed by atoms with E-state index in [1.807, 2.05) is 60.7 Å². The van der Waals surface area contributed by atoms with Crippen molar-refractivity contribution < 1.29 is 0 Å². The maximum absolute atomic E-state index is 5.30. The summed E-state index contributed by atoms with van der Waals surface area (Å²) in [5, 5.41) is 2.09. The number of hydrogen-bond donors (Lipinski definition) is 0. The highest BCUT2D eigenvalue weighted by atomic mass is 15.1. The molecule has 0 aliphatic rings. The maximum Gasteiger partial charge on any atom is 0.162 e. The Kier molecular flexibility index (Phi) is 7.06. The molecule has 0 amide bonds. The minimum Gasteiger partial charge on any atom is -0.294 e. The van der Waals surface area contributed by atoms with Crippen molar-refractivity contribution in [3.8, 4) is 62.2 Å². The Labute approximate surface area is 283 Å². The first-order valence-electron chi connectivity index (χ1n) is 16.3. The molecule has 5 heteroatoms. The van der Waals surface area contributed by atoms with E-state index < -0.39 is 0 Å². The van der Waals surface area contributed by atoms with Crippen LogP contribution < -0.4 is 0 Å². The molecule has 9 aromatic rings. The molecule has 3 aromatic heterocycles. The molecule has 0 spiro atoms. The van der Waals surface area contributed by atoms with E-state index in [0.29, 0.717) is 11.6 Å². The first-order valence-corrected chi connectivity index (χ1v) is 16.3. The topological polar surface area (TPSA) is 56.5 Å². The van der Waals surface area contributed by atoms with Crippen LogP contribution in [0.2, 0.25) is 0 Å². The summed E-state index contributed by atoms with van der Waals surface area (Å²) in [6.07, 6.45) is 0. The minimum absolute atomic E-state index is 0.655. The summed E-state index contributed by atoms with van der Waals surface area (Å²) in [4.78, 5) is 20.8. The highest BCUT2D eigenvalue weighted by molar-refractivity contribution is 6.14. The van der Waals surface area contributed by atoms with E-state index in [1.165, 1.54) is 0 Å². The highest BCUT2D eigenvalue weighted by Crippen LogP contribution is 2.39. The van der Waals surface area contributed by atoms with E-state index in [-0.39, 0.29) is 0 Å². The molecule has 0 aliphatic heterocycles. The third kappa shape index (κ3) is 5.24. The van der Waals surface area contributed by atoms with Crippen molar-refractivity contribution in [3.63, 3.8) is 0 Å². The van der Waals surface area contributed by atoms with Gasteiger partial charge in [-0.1, -0.05) is 146 Å². The Balaban J connectivity index is 1.30. The molecule has 0 aliphatic carbocycles. The summed E-state index contributed by atoms with van der Waals surface area (Å²) in [6.45, 7) is 0. The summed E-state index contributed by atoms with van der Waals surface area (Å²) in [6, 6.07) is 60.1. The van der Waals surface area contributed by atoms with Gasteiger partial charge in [0.1, 0.15) is 5.65 Å². The number of nitrogens with zero attached hydrogens (tertiary/aromatic N) is 5. The van der Waals surface area contributed by atoms with Crippen LogP contribution in [-0.2, 0) is 0 Å². The Morgan fingerprint density at radius 1 is 0.367 bits per heavy atom. The second-order valence-corrected chi connectivity index (χ2v) is 11.9. The number of aromatic nitrogens is 5. The van der Waals surface area contributed by atoms with Crippen molar-refractivity contribution in [1.29, 1.82) is 0 Å². The molecule has 230 valence electrons. The van der Waals surface area contributed by atoms with Crippen LogP contribution in [0.5, 0.6) is 0 Å². The van der Waals surface area contributed by atoms with Crippen LogP contribution in [0, 0.1) is 0 Å². The molecule has 0 bridgehead atoms. The van der Waals surface area contributed by atoms with Gasteiger partial charge in [-0.25, -0.2) is 19.9 Å². The predicted molar refractivity (Wildman–Crippen MR) is 199 cm³/mol. The van der Waals surface area contributed by atoms with E-state index in [2.05, 4.69) is 120 Å². The van der Waals surface area contributed by atoms with E-state index >= 15 is 0 Å². The smallest absolute Gasteiger partial charge is 0.162 e. The standard InChI is InChI=1S/C44H29N5/c1-5-16-30(17-6-1)37-29-38(31-18-7-2-8-19-31)46-43(45-37)34-23-15-22-33(28-34)41-40-36-26-13-14-27-39(36)49(35-24-11-4-12-25-35)44(40)48-42(47-41)32-20-9-3-10-21-32/h1-29H. The first kappa shape index (κ1) is 28.5. The average Bonchev–Trinajstić information content (AvgIpc) is 3.53. The van der Waals surface area contributed by atoms with Gasteiger partial charge in [-0.3, -0.25) is 4.57 Å². The fourth-order valence-corrected chi connectivity index (χ4v) is 6.51. The summed E-state index contributed by atoms with van der Waals surface area (Å²) < 4.78 is 2.24. The lowest BCUT2D eigenvalue weighted by atomic mass is 10.0. The molecule has 49 heavy (non-hydrogen) atoms. The maximum atomic E-state index is 5.30. The van der Waals surface area contributed by atoms with Gasteiger partial charge < -0.3 is 0 Å². The fourth-order valence-electron chi connectivity index (χ4n) is 6.51. The zero-order valence-electron chi connectivity index (χ0n) is 26.5. The molecule has 0 unspecified atom stereocenters. The molecule has 9 rings (SSSR count). The Bertz CT molecular complexity index is 2520. The largest absolute Gasteiger partial charge is 0.294 e. The summed E-state index contributed by atoms with van der Waals surface area (Å²) in [7, 11) is 0. The van der Waals surface area contributed by atoms with Crippen LogP contribution >= 0.6 is 0 Å². The summed E-state index contributed by atoms with van der Waals surface area (Å²) in [5.41, 5.74) is 10.5. The lowest BCUT2D eigenvalue weighted by Crippen LogP contribution is -2.00. The molecule has 0 fully saturated rings. The van der Waals surface area contributed by atoms with Gasteiger partial charge in [0.05, 0.1) is 28.0 Å². The quantitative estimate of drug-likeness (QED) is 0.184.